The van der Waals surface area contributed by atoms with Gasteiger partial charge in [-0.1, -0.05) is 0 Å². The van der Waals surface area contributed by atoms with E-state index in [1.165, 1.54) is 0 Å². The molecule has 1 aliphatic carbocycles. The van der Waals surface area contributed by atoms with Gasteiger partial charge < -0.3 is 21.5 Å². The van der Waals surface area contributed by atoms with Crippen LogP contribution in [0.15, 0.2) is 18.2 Å². The average molecular weight is 249 g/mol. The maximum absolute atomic E-state index is 11.4. The summed E-state index contributed by atoms with van der Waals surface area (Å²) in [5.74, 6) is 0.369. The van der Waals surface area contributed by atoms with E-state index in [0.717, 1.165) is 25.1 Å². The highest BCUT2D eigenvalue weighted by Crippen LogP contribution is 2.28. The molecule has 5 N–H and O–H groups in total. The molecule has 1 amide bonds. The maximum atomic E-state index is 11.4. The summed E-state index contributed by atoms with van der Waals surface area (Å²) >= 11 is 0. The lowest BCUT2D eigenvalue weighted by Crippen LogP contribution is -2.33. The third kappa shape index (κ3) is 2.73. The number of aliphatic hydroxyl groups excluding tert-OH is 1. The van der Waals surface area contributed by atoms with Crippen molar-refractivity contribution in [2.45, 2.75) is 18.9 Å². The van der Waals surface area contributed by atoms with Crippen LogP contribution in [0.4, 0.5) is 11.4 Å². The van der Waals surface area contributed by atoms with Gasteiger partial charge in [-0.3, -0.25) is 4.79 Å². The molecule has 1 saturated carbocycles. The SMILES string of the molecule is CNC(=O)c1ccc(NCC2CC(O)C2)c(N)c1. The van der Waals surface area contributed by atoms with Crippen molar-refractivity contribution in [2.75, 3.05) is 24.6 Å². The number of amides is 1. The molecular formula is C13H19N3O2. The predicted octanol–water partition coefficient (Wildman–Crippen LogP) is 0.811. The third-order valence-electron chi connectivity index (χ3n) is 3.33. The first-order valence-corrected chi connectivity index (χ1v) is 6.13. The van der Waals surface area contributed by atoms with E-state index in [1.54, 1.807) is 19.2 Å². The van der Waals surface area contributed by atoms with E-state index in [2.05, 4.69) is 10.6 Å². The average Bonchev–Trinajstić information content (AvgIpc) is 2.33. The molecule has 1 aliphatic rings. The Kier molecular flexibility index (Phi) is 3.72. The molecule has 0 atom stereocenters. The normalized spacial score (nSPS) is 22.1. The Morgan fingerprint density at radius 3 is 2.78 bits per heavy atom. The molecule has 0 radical (unpaired) electrons. The predicted molar refractivity (Wildman–Crippen MR) is 71.5 cm³/mol. The number of nitrogens with two attached hydrogens (primary N) is 1. The van der Waals surface area contributed by atoms with Crippen LogP contribution in [0.3, 0.4) is 0 Å². The minimum Gasteiger partial charge on any atom is -0.397 e. The molecular weight excluding hydrogens is 230 g/mol. The second-order valence-electron chi connectivity index (χ2n) is 4.75. The van der Waals surface area contributed by atoms with Gasteiger partial charge in [0.05, 0.1) is 17.5 Å². The van der Waals surface area contributed by atoms with Gasteiger partial charge in [-0.2, -0.15) is 0 Å². The summed E-state index contributed by atoms with van der Waals surface area (Å²) in [7, 11) is 1.59. The zero-order chi connectivity index (χ0) is 13.1. The molecule has 0 heterocycles. The Morgan fingerprint density at radius 2 is 2.22 bits per heavy atom. The van der Waals surface area contributed by atoms with E-state index in [1.807, 2.05) is 6.07 Å². The van der Waals surface area contributed by atoms with Crippen molar-refractivity contribution in [3.8, 4) is 0 Å². The summed E-state index contributed by atoms with van der Waals surface area (Å²) in [6.45, 7) is 0.806. The molecule has 18 heavy (non-hydrogen) atoms. The van der Waals surface area contributed by atoms with Crippen molar-refractivity contribution < 1.29 is 9.90 Å². The minimum absolute atomic E-state index is 0.134. The van der Waals surface area contributed by atoms with Gasteiger partial charge in [-0.15, -0.1) is 0 Å². The van der Waals surface area contributed by atoms with Crippen molar-refractivity contribution in [3.63, 3.8) is 0 Å². The Balaban J connectivity index is 1.95. The van der Waals surface area contributed by atoms with E-state index in [0.29, 0.717) is 17.2 Å². The number of carbonyl (C=O) groups is 1. The molecule has 0 saturated heterocycles. The van der Waals surface area contributed by atoms with Gasteiger partial charge in [0.25, 0.3) is 5.91 Å². The van der Waals surface area contributed by atoms with Gasteiger partial charge in [-0.25, -0.2) is 0 Å². The number of benzene rings is 1. The van der Waals surface area contributed by atoms with Crippen molar-refractivity contribution in [1.29, 1.82) is 0 Å². The summed E-state index contributed by atoms with van der Waals surface area (Å²) in [6, 6.07) is 5.22. The second kappa shape index (κ2) is 5.27. The molecule has 5 nitrogen and oxygen atoms in total. The van der Waals surface area contributed by atoms with Crippen molar-refractivity contribution in [3.05, 3.63) is 23.8 Å². The molecule has 0 bridgehead atoms. The molecule has 1 aromatic rings. The number of hydrogen-bond donors (Lipinski definition) is 4. The fraction of sp³-hybridized carbons (Fsp3) is 0.462. The number of nitrogen functional groups attached to an aromatic ring is 1. The van der Waals surface area contributed by atoms with Crippen molar-refractivity contribution in [1.82, 2.24) is 5.32 Å². The van der Waals surface area contributed by atoms with E-state index in [4.69, 9.17) is 5.73 Å². The lowest BCUT2D eigenvalue weighted by atomic mass is 9.82. The van der Waals surface area contributed by atoms with Crippen LogP contribution in [0, 0.1) is 5.92 Å². The number of aliphatic hydroxyl groups is 1. The molecule has 0 aliphatic heterocycles. The third-order valence-corrected chi connectivity index (χ3v) is 3.33. The summed E-state index contributed by atoms with van der Waals surface area (Å²) in [5, 5.41) is 15.0. The van der Waals surface area contributed by atoms with Crippen LogP contribution in [-0.2, 0) is 0 Å². The lowest BCUT2D eigenvalue weighted by molar-refractivity contribution is 0.0487. The molecule has 0 spiro atoms. The van der Waals surface area contributed by atoms with Crippen LogP contribution in [0.25, 0.3) is 0 Å². The molecule has 1 fully saturated rings. The first-order valence-electron chi connectivity index (χ1n) is 6.13. The van der Waals surface area contributed by atoms with Crippen LogP contribution < -0.4 is 16.4 Å². The summed E-state index contributed by atoms with van der Waals surface area (Å²) in [5.41, 5.74) is 7.85. The monoisotopic (exact) mass is 249 g/mol. The highest BCUT2D eigenvalue weighted by atomic mass is 16.3. The Bertz CT molecular complexity index is 442. The fourth-order valence-corrected chi connectivity index (χ4v) is 2.13. The largest absolute Gasteiger partial charge is 0.397 e. The Hall–Kier alpha value is -1.75. The smallest absolute Gasteiger partial charge is 0.251 e. The van der Waals surface area contributed by atoms with E-state index in [-0.39, 0.29) is 12.0 Å². The molecule has 0 aromatic heterocycles. The van der Waals surface area contributed by atoms with Gasteiger partial charge in [0.15, 0.2) is 0 Å². The van der Waals surface area contributed by atoms with Crippen molar-refractivity contribution in [2.24, 2.45) is 5.92 Å². The maximum Gasteiger partial charge on any atom is 0.251 e. The topological polar surface area (TPSA) is 87.4 Å². The molecule has 98 valence electrons. The quantitative estimate of drug-likeness (QED) is 0.595. The second-order valence-corrected chi connectivity index (χ2v) is 4.75. The van der Waals surface area contributed by atoms with Crippen LogP contribution >= 0.6 is 0 Å². The Morgan fingerprint density at radius 1 is 1.50 bits per heavy atom. The molecule has 2 rings (SSSR count). The van der Waals surface area contributed by atoms with Crippen LogP contribution in [0.2, 0.25) is 0 Å². The van der Waals surface area contributed by atoms with Gasteiger partial charge in [-0.05, 0) is 37.0 Å². The van der Waals surface area contributed by atoms with Crippen molar-refractivity contribution >= 4 is 17.3 Å². The Labute approximate surface area is 106 Å². The van der Waals surface area contributed by atoms with E-state index < -0.39 is 0 Å². The number of rotatable bonds is 4. The summed E-state index contributed by atoms with van der Waals surface area (Å²) in [4.78, 5) is 11.4. The van der Waals surface area contributed by atoms with Gasteiger partial charge >= 0.3 is 0 Å². The molecule has 0 unspecified atom stereocenters. The first-order chi connectivity index (χ1) is 8.60. The van der Waals surface area contributed by atoms with Gasteiger partial charge in [0.2, 0.25) is 0 Å². The molecule has 1 aromatic carbocycles. The standard InChI is InChI=1S/C13H19N3O2/c1-15-13(18)9-2-3-12(11(14)6-9)16-7-8-4-10(17)5-8/h2-3,6,8,10,16-17H,4-5,7,14H2,1H3,(H,15,18). The number of carbonyl (C=O) groups excluding carboxylic acids is 1. The number of anilines is 2. The number of hydrogen-bond acceptors (Lipinski definition) is 4. The molecule has 5 heteroatoms. The van der Waals surface area contributed by atoms with Crippen LogP contribution in [0.5, 0.6) is 0 Å². The van der Waals surface area contributed by atoms with Crippen LogP contribution in [-0.4, -0.2) is 30.7 Å². The summed E-state index contributed by atoms with van der Waals surface area (Å²) in [6.07, 6.45) is 1.57. The zero-order valence-corrected chi connectivity index (χ0v) is 10.4. The van der Waals surface area contributed by atoms with E-state index in [9.17, 15) is 9.90 Å². The van der Waals surface area contributed by atoms with E-state index >= 15 is 0 Å². The highest BCUT2D eigenvalue weighted by molar-refractivity contribution is 5.95. The summed E-state index contributed by atoms with van der Waals surface area (Å²) < 4.78 is 0. The van der Waals surface area contributed by atoms with Gasteiger partial charge in [0.1, 0.15) is 0 Å². The van der Waals surface area contributed by atoms with Gasteiger partial charge in [0, 0.05) is 19.2 Å². The number of nitrogens with one attached hydrogen (secondary N) is 2. The zero-order valence-electron chi connectivity index (χ0n) is 10.4. The highest BCUT2D eigenvalue weighted by Gasteiger charge is 2.26. The fourth-order valence-electron chi connectivity index (χ4n) is 2.13. The lowest BCUT2D eigenvalue weighted by Gasteiger charge is -2.31. The van der Waals surface area contributed by atoms with Crippen LogP contribution in [0.1, 0.15) is 23.2 Å². The minimum atomic E-state index is -0.143. The first kappa shape index (κ1) is 12.7.